The molecular weight excluding hydrogens is 353 g/mol. The van der Waals surface area contributed by atoms with Gasteiger partial charge in [0.05, 0.1) is 5.56 Å². The monoisotopic (exact) mass is 371 g/mol. The van der Waals surface area contributed by atoms with Crippen LogP contribution in [0.25, 0.3) is 0 Å². The van der Waals surface area contributed by atoms with Crippen molar-refractivity contribution in [3.63, 3.8) is 0 Å². The molecule has 1 fully saturated rings. The highest BCUT2D eigenvalue weighted by Crippen LogP contribution is 2.18. The van der Waals surface area contributed by atoms with Crippen LogP contribution >= 0.6 is 15.9 Å². The largest absolute Gasteiger partial charge is 0.449 e. The lowest BCUT2D eigenvalue weighted by Crippen LogP contribution is -2.42. The lowest BCUT2D eigenvalue weighted by atomic mass is 9.95. The summed E-state index contributed by atoms with van der Waals surface area (Å²) in [5.74, 6) is -1.85. The van der Waals surface area contributed by atoms with E-state index in [0.717, 1.165) is 25.7 Å². The van der Waals surface area contributed by atoms with Gasteiger partial charge in [0.1, 0.15) is 5.82 Å². The fourth-order valence-corrected chi connectivity index (χ4v) is 2.83. The van der Waals surface area contributed by atoms with Gasteiger partial charge in [-0.1, -0.05) is 35.2 Å². The van der Waals surface area contributed by atoms with Gasteiger partial charge in [-0.15, -0.1) is 0 Å². The standard InChI is InChI=1S/C16H19BrFNO3/c1-10(15(20)19-12-5-3-2-4-6-12)22-16(21)13-8-7-11(17)9-14(13)18/h7-10,12H,2-6H2,1H3,(H,19,20)/t10-/m0/s1. The summed E-state index contributed by atoms with van der Waals surface area (Å²) in [6.07, 6.45) is 4.35. The molecule has 0 saturated heterocycles. The Bertz CT molecular complexity index is 558. The van der Waals surface area contributed by atoms with E-state index in [4.69, 9.17) is 4.74 Å². The number of hydrogen-bond donors (Lipinski definition) is 1. The molecule has 6 heteroatoms. The summed E-state index contributed by atoms with van der Waals surface area (Å²) in [5.41, 5.74) is -0.180. The second-order valence-electron chi connectivity index (χ2n) is 5.52. The number of halogens is 2. The summed E-state index contributed by atoms with van der Waals surface area (Å²) < 4.78 is 19.3. The summed E-state index contributed by atoms with van der Waals surface area (Å²) >= 11 is 3.12. The third-order valence-corrected chi connectivity index (χ3v) is 4.25. The van der Waals surface area contributed by atoms with Gasteiger partial charge in [0.15, 0.2) is 6.10 Å². The summed E-state index contributed by atoms with van der Waals surface area (Å²) in [6.45, 7) is 1.49. The van der Waals surface area contributed by atoms with Crippen molar-refractivity contribution in [2.24, 2.45) is 0 Å². The van der Waals surface area contributed by atoms with Crippen LogP contribution in [0.15, 0.2) is 22.7 Å². The minimum absolute atomic E-state index is 0.145. The van der Waals surface area contributed by atoms with Gasteiger partial charge in [0, 0.05) is 10.5 Å². The van der Waals surface area contributed by atoms with Gasteiger partial charge in [-0.25, -0.2) is 9.18 Å². The molecule has 22 heavy (non-hydrogen) atoms. The van der Waals surface area contributed by atoms with Gasteiger partial charge in [-0.05, 0) is 38.0 Å². The highest BCUT2D eigenvalue weighted by molar-refractivity contribution is 9.10. The van der Waals surface area contributed by atoms with Crippen molar-refractivity contribution >= 4 is 27.8 Å². The van der Waals surface area contributed by atoms with Crippen molar-refractivity contribution in [2.45, 2.75) is 51.2 Å². The maximum absolute atomic E-state index is 13.7. The van der Waals surface area contributed by atoms with E-state index in [-0.39, 0.29) is 17.5 Å². The smallest absolute Gasteiger partial charge is 0.341 e. The Balaban J connectivity index is 1.91. The van der Waals surface area contributed by atoms with E-state index < -0.39 is 17.9 Å². The van der Waals surface area contributed by atoms with Gasteiger partial charge in [-0.2, -0.15) is 0 Å². The molecule has 1 aliphatic carbocycles. The molecule has 1 aromatic rings. The number of rotatable bonds is 4. The first-order chi connectivity index (χ1) is 10.5. The summed E-state index contributed by atoms with van der Waals surface area (Å²) in [5, 5.41) is 2.88. The molecule has 0 aliphatic heterocycles. The normalized spacial score (nSPS) is 16.9. The van der Waals surface area contributed by atoms with Gasteiger partial charge in [0.25, 0.3) is 5.91 Å². The Kier molecular flexibility index (Phi) is 5.94. The van der Waals surface area contributed by atoms with Gasteiger partial charge < -0.3 is 10.1 Å². The van der Waals surface area contributed by atoms with Gasteiger partial charge in [-0.3, -0.25) is 4.79 Å². The third-order valence-electron chi connectivity index (χ3n) is 3.76. The van der Waals surface area contributed by atoms with Crippen molar-refractivity contribution in [3.05, 3.63) is 34.1 Å². The van der Waals surface area contributed by atoms with Crippen molar-refractivity contribution < 1.29 is 18.7 Å². The Morgan fingerprint density at radius 2 is 2.00 bits per heavy atom. The maximum atomic E-state index is 13.7. The average molecular weight is 372 g/mol. The molecule has 1 aliphatic rings. The van der Waals surface area contributed by atoms with Crippen LogP contribution < -0.4 is 5.32 Å². The Labute approximate surface area is 137 Å². The minimum atomic E-state index is -0.947. The number of carbonyl (C=O) groups is 2. The molecule has 0 heterocycles. The number of hydrogen-bond acceptors (Lipinski definition) is 3. The molecule has 2 rings (SSSR count). The molecule has 4 nitrogen and oxygen atoms in total. The number of nitrogens with one attached hydrogen (secondary N) is 1. The zero-order valence-corrected chi connectivity index (χ0v) is 14.0. The zero-order chi connectivity index (χ0) is 16.1. The third kappa shape index (κ3) is 4.53. The second kappa shape index (κ2) is 7.72. The summed E-state index contributed by atoms with van der Waals surface area (Å²) in [6, 6.07) is 4.20. The zero-order valence-electron chi connectivity index (χ0n) is 12.4. The van der Waals surface area contributed by atoms with Crippen LogP contribution in [-0.2, 0) is 9.53 Å². The fraction of sp³-hybridized carbons (Fsp3) is 0.500. The molecule has 1 saturated carbocycles. The molecule has 1 amide bonds. The lowest BCUT2D eigenvalue weighted by Gasteiger charge is -2.24. The van der Waals surface area contributed by atoms with Crippen molar-refractivity contribution in [2.75, 3.05) is 0 Å². The number of amides is 1. The van der Waals surface area contributed by atoms with E-state index in [9.17, 15) is 14.0 Å². The topological polar surface area (TPSA) is 55.4 Å². The van der Waals surface area contributed by atoms with E-state index in [1.807, 2.05) is 0 Å². The quantitative estimate of drug-likeness (QED) is 0.822. The second-order valence-corrected chi connectivity index (χ2v) is 6.43. The van der Waals surface area contributed by atoms with Crippen molar-refractivity contribution in [1.29, 1.82) is 0 Å². The Hall–Kier alpha value is -1.43. The highest BCUT2D eigenvalue weighted by Gasteiger charge is 2.24. The number of carbonyl (C=O) groups excluding carboxylic acids is 2. The molecule has 0 radical (unpaired) electrons. The highest BCUT2D eigenvalue weighted by atomic mass is 79.9. The molecule has 1 aromatic carbocycles. The molecule has 0 spiro atoms. The van der Waals surface area contributed by atoms with Crippen LogP contribution in [0.3, 0.4) is 0 Å². The summed E-state index contributed by atoms with van der Waals surface area (Å²) in [7, 11) is 0. The SMILES string of the molecule is C[C@H](OC(=O)c1ccc(Br)cc1F)C(=O)NC1CCCCC1. The molecular formula is C16H19BrFNO3. The maximum Gasteiger partial charge on any atom is 0.341 e. The first-order valence-corrected chi connectivity index (χ1v) is 8.23. The first kappa shape index (κ1) is 16.9. The minimum Gasteiger partial charge on any atom is -0.449 e. The first-order valence-electron chi connectivity index (χ1n) is 7.44. The number of benzene rings is 1. The van der Waals surface area contributed by atoms with Crippen molar-refractivity contribution in [3.8, 4) is 0 Å². The van der Waals surface area contributed by atoms with E-state index in [1.165, 1.54) is 25.5 Å². The van der Waals surface area contributed by atoms with Gasteiger partial charge in [0.2, 0.25) is 0 Å². The van der Waals surface area contributed by atoms with Crippen LogP contribution in [0.4, 0.5) is 4.39 Å². The number of esters is 1. The molecule has 0 bridgehead atoms. The number of ether oxygens (including phenoxy) is 1. The Morgan fingerprint density at radius 1 is 1.32 bits per heavy atom. The Morgan fingerprint density at radius 3 is 2.64 bits per heavy atom. The fourth-order valence-electron chi connectivity index (χ4n) is 2.50. The predicted octanol–water partition coefficient (Wildman–Crippen LogP) is 3.58. The van der Waals surface area contributed by atoms with E-state index in [2.05, 4.69) is 21.2 Å². The van der Waals surface area contributed by atoms with Crippen LogP contribution in [0.1, 0.15) is 49.4 Å². The molecule has 1 atom stereocenters. The molecule has 0 aromatic heterocycles. The van der Waals surface area contributed by atoms with Crippen LogP contribution in [0.2, 0.25) is 0 Å². The van der Waals surface area contributed by atoms with Gasteiger partial charge >= 0.3 is 5.97 Å². The van der Waals surface area contributed by atoms with E-state index in [1.54, 1.807) is 6.07 Å². The predicted molar refractivity (Wildman–Crippen MR) is 84.0 cm³/mol. The average Bonchev–Trinajstić information content (AvgIpc) is 2.47. The summed E-state index contributed by atoms with van der Waals surface area (Å²) in [4.78, 5) is 24.0. The van der Waals surface area contributed by atoms with E-state index in [0.29, 0.717) is 4.47 Å². The van der Waals surface area contributed by atoms with Crippen molar-refractivity contribution in [1.82, 2.24) is 5.32 Å². The molecule has 1 N–H and O–H groups in total. The van der Waals surface area contributed by atoms with Crippen LogP contribution in [0, 0.1) is 5.82 Å². The molecule has 120 valence electrons. The van der Waals surface area contributed by atoms with Crippen LogP contribution in [-0.4, -0.2) is 24.0 Å². The lowest BCUT2D eigenvalue weighted by molar-refractivity contribution is -0.130. The van der Waals surface area contributed by atoms with Crippen LogP contribution in [0.5, 0.6) is 0 Å². The molecule has 0 unspecified atom stereocenters. The van der Waals surface area contributed by atoms with E-state index >= 15 is 0 Å².